The Hall–Kier alpha value is -4.42. The third kappa shape index (κ3) is 5.81. The van der Waals surface area contributed by atoms with Gasteiger partial charge in [-0.1, -0.05) is 41.9 Å². The third-order valence-electron chi connectivity index (χ3n) is 6.55. The summed E-state index contributed by atoms with van der Waals surface area (Å²) in [5.41, 5.74) is 2.43. The average molecular weight is 599 g/mol. The van der Waals surface area contributed by atoms with Gasteiger partial charge in [-0.15, -0.1) is 0 Å². The molecule has 2 aromatic carbocycles. The lowest BCUT2D eigenvalue weighted by Gasteiger charge is -2.43. The number of esters is 4. The van der Waals surface area contributed by atoms with Crippen LogP contribution in [0, 0.1) is 0 Å². The van der Waals surface area contributed by atoms with E-state index >= 15 is 0 Å². The first kappa shape index (κ1) is 29.1. The first-order chi connectivity index (χ1) is 20.0. The number of benzene rings is 2. The number of para-hydroxylation sites is 2. The molecule has 2 aromatic heterocycles. The van der Waals surface area contributed by atoms with Crippen molar-refractivity contribution in [1.29, 1.82) is 0 Å². The molecule has 1 fully saturated rings. The second-order valence-electron chi connectivity index (χ2n) is 9.66. The molecule has 0 unspecified atom stereocenters. The molecule has 5 atom stereocenters. The lowest BCUT2D eigenvalue weighted by molar-refractivity contribution is -0.288. The number of fused-ring (bicyclic) bond motifs is 4. The van der Waals surface area contributed by atoms with E-state index in [0.29, 0.717) is 32.5 Å². The van der Waals surface area contributed by atoms with E-state index < -0.39 is 54.6 Å². The number of carbonyl (C=O) groups excluding carboxylic acids is 4. The quantitative estimate of drug-likeness (QED) is 0.243. The van der Waals surface area contributed by atoms with E-state index in [1.54, 1.807) is 12.1 Å². The van der Waals surface area contributed by atoms with Crippen molar-refractivity contribution in [2.45, 2.75) is 58.4 Å². The van der Waals surface area contributed by atoms with E-state index in [4.69, 9.17) is 45.0 Å². The zero-order valence-corrected chi connectivity index (χ0v) is 23.8. The summed E-state index contributed by atoms with van der Waals surface area (Å²) in [7, 11) is 0. The number of aromatic amines is 1. The fraction of sp³-hybridized carbons (Fsp3) is 0.345. The SMILES string of the molecule is CC(=O)OC[C@H]1O[C@@H](Oc2cccc3c2[nH]c2c(Cl)c4ccccc4nc23)[C@H](OC(C)=O)[C@@H](OC(C)=O)[C@@H]1OC(C)=O. The van der Waals surface area contributed by atoms with Gasteiger partial charge < -0.3 is 33.4 Å². The number of rotatable bonds is 7. The third-order valence-corrected chi connectivity index (χ3v) is 6.94. The Morgan fingerprint density at radius 2 is 1.45 bits per heavy atom. The van der Waals surface area contributed by atoms with Crippen LogP contribution in [0.5, 0.6) is 5.75 Å². The standard InChI is InChI=1S/C29H27ClN2O10/c1-13(33)37-12-21-26(38-14(2)34)27(39-15(3)35)28(40-16(4)36)29(42-21)41-20-11-7-9-18-23(20)32-25-22(30)17-8-5-6-10-19(17)31-24(18)25/h5-11,21,26-29,32H,12H2,1-4H3/t21-,26-,27+,28-,29-/m1/s1. The number of hydrogen-bond donors (Lipinski definition) is 1. The summed E-state index contributed by atoms with van der Waals surface area (Å²) in [6, 6.07) is 12.7. The van der Waals surface area contributed by atoms with Crippen molar-refractivity contribution in [3.8, 4) is 5.75 Å². The number of hydrogen-bond acceptors (Lipinski definition) is 11. The Balaban J connectivity index is 1.60. The summed E-state index contributed by atoms with van der Waals surface area (Å²) < 4.78 is 33.9. The molecule has 0 spiro atoms. The number of pyridine rings is 1. The van der Waals surface area contributed by atoms with E-state index in [-0.39, 0.29) is 12.4 Å². The number of ether oxygens (including phenoxy) is 6. The zero-order valence-electron chi connectivity index (χ0n) is 23.0. The fourth-order valence-electron chi connectivity index (χ4n) is 4.97. The van der Waals surface area contributed by atoms with Crippen LogP contribution in [-0.4, -0.2) is 71.2 Å². The molecule has 5 rings (SSSR count). The molecule has 4 aromatic rings. The molecular formula is C29H27ClN2O10. The molecule has 1 aliphatic rings. The summed E-state index contributed by atoms with van der Waals surface area (Å²) in [6.07, 6.45) is -6.59. The minimum Gasteiger partial charge on any atom is -0.463 e. The number of aromatic nitrogens is 2. The molecule has 1 aliphatic heterocycles. The summed E-state index contributed by atoms with van der Waals surface area (Å²) in [4.78, 5) is 55.9. The van der Waals surface area contributed by atoms with Gasteiger partial charge in [0.2, 0.25) is 12.4 Å². The molecule has 13 heteroatoms. The molecule has 1 N–H and O–H groups in total. The van der Waals surface area contributed by atoms with Crippen molar-refractivity contribution in [1.82, 2.24) is 9.97 Å². The van der Waals surface area contributed by atoms with Gasteiger partial charge in [-0.3, -0.25) is 19.2 Å². The fourth-order valence-corrected chi connectivity index (χ4v) is 5.27. The van der Waals surface area contributed by atoms with Crippen LogP contribution in [0.1, 0.15) is 27.7 Å². The first-order valence-corrected chi connectivity index (χ1v) is 13.4. The molecule has 0 bridgehead atoms. The van der Waals surface area contributed by atoms with Crippen LogP contribution in [0.4, 0.5) is 0 Å². The van der Waals surface area contributed by atoms with Crippen molar-refractivity contribution in [3.05, 3.63) is 47.5 Å². The normalized spacial score (nSPS) is 22.1. The van der Waals surface area contributed by atoms with Gasteiger partial charge in [0, 0.05) is 38.5 Å². The van der Waals surface area contributed by atoms with E-state index in [9.17, 15) is 19.2 Å². The Labute approximate surface area is 244 Å². The maximum absolute atomic E-state index is 12.2. The number of nitrogens with zero attached hydrogens (tertiary/aromatic N) is 1. The summed E-state index contributed by atoms with van der Waals surface area (Å²) in [6.45, 7) is 4.28. The van der Waals surface area contributed by atoms with E-state index in [2.05, 4.69) is 4.98 Å². The van der Waals surface area contributed by atoms with Crippen molar-refractivity contribution in [2.75, 3.05) is 6.61 Å². The van der Waals surface area contributed by atoms with Gasteiger partial charge >= 0.3 is 23.9 Å². The molecule has 42 heavy (non-hydrogen) atoms. The Bertz CT molecular complexity index is 1700. The van der Waals surface area contributed by atoms with Gasteiger partial charge in [-0.25, -0.2) is 4.98 Å². The van der Waals surface area contributed by atoms with Crippen LogP contribution in [0.15, 0.2) is 42.5 Å². The van der Waals surface area contributed by atoms with Crippen molar-refractivity contribution >= 4 is 68.3 Å². The second-order valence-corrected chi connectivity index (χ2v) is 10.0. The summed E-state index contributed by atoms with van der Waals surface area (Å²) >= 11 is 6.75. The zero-order chi connectivity index (χ0) is 30.1. The lowest BCUT2D eigenvalue weighted by Crippen LogP contribution is -2.63. The minimum atomic E-state index is -1.40. The smallest absolute Gasteiger partial charge is 0.303 e. The predicted molar refractivity (Wildman–Crippen MR) is 149 cm³/mol. The molecule has 1 saturated heterocycles. The Kier molecular flexibility index (Phi) is 8.19. The molecule has 0 amide bonds. The van der Waals surface area contributed by atoms with Gasteiger partial charge in [-0.05, 0) is 12.1 Å². The second kappa shape index (κ2) is 11.8. The highest BCUT2D eigenvalue weighted by molar-refractivity contribution is 6.40. The largest absolute Gasteiger partial charge is 0.463 e. The van der Waals surface area contributed by atoms with Crippen LogP contribution >= 0.6 is 11.6 Å². The van der Waals surface area contributed by atoms with Crippen LogP contribution in [0.25, 0.3) is 32.8 Å². The van der Waals surface area contributed by atoms with Gasteiger partial charge in [0.1, 0.15) is 18.5 Å². The topological polar surface area (TPSA) is 152 Å². The number of nitrogens with one attached hydrogen (secondary N) is 1. The minimum absolute atomic E-state index is 0.270. The van der Waals surface area contributed by atoms with Crippen LogP contribution in [0.2, 0.25) is 5.02 Å². The van der Waals surface area contributed by atoms with Gasteiger partial charge in [0.05, 0.1) is 27.1 Å². The molecule has 0 radical (unpaired) electrons. The monoisotopic (exact) mass is 598 g/mol. The van der Waals surface area contributed by atoms with Crippen molar-refractivity contribution in [3.63, 3.8) is 0 Å². The Morgan fingerprint density at radius 3 is 2.14 bits per heavy atom. The molecule has 0 aliphatic carbocycles. The average Bonchev–Trinajstić information content (AvgIpc) is 3.30. The molecule has 3 heterocycles. The van der Waals surface area contributed by atoms with Crippen LogP contribution in [0.3, 0.4) is 0 Å². The van der Waals surface area contributed by atoms with Crippen LogP contribution < -0.4 is 4.74 Å². The number of carbonyl (C=O) groups is 4. The maximum Gasteiger partial charge on any atom is 0.303 e. The maximum atomic E-state index is 12.2. The van der Waals surface area contributed by atoms with Crippen LogP contribution in [-0.2, 0) is 42.9 Å². The summed E-state index contributed by atoms with van der Waals surface area (Å²) in [5, 5.41) is 1.94. The van der Waals surface area contributed by atoms with Gasteiger partial charge in [0.15, 0.2) is 12.2 Å². The Morgan fingerprint density at radius 1 is 0.810 bits per heavy atom. The highest BCUT2D eigenvalue weighted by Crippen LogP contribution is 2.38. The van der Waals surface area contributed by atoms with E-state index in [1.807, 2.05) is 30.3 Å². The van der Waals surface area contributed by atoms with Gasteiger partial charge in [0.25, 0.3) is 0 Å². The summed E-state index contributed by atoms with van der Waals surface area (Å²) in [5.74, 6) is -2.56. The van der Waals surface area contributed by atoms with E-state index in [0.717, 1.165) is 26.2 Å². The molecule has 220 valence electrons. The highest BCUT2D eigenvalue weighted by Gasteiger charge is 2.53. The molecule has 12 nitrogen and oxygen atoms in total. The number of halogens is 1. The molecule has 0 saturated carbocycles. The number of H-pyrrole nitrogens is 1. The predicted octanol–water partition coefficient (Wildman–Crippen LogP) is 3.98. The first-order valence-electron chi connectivity index (χ1n) is 13.0. The van der Waals surface area contributed by atoms with Gasteiger partial charge in [-0.2, -0.15) is 0 Å². The highest BCUT2D eigenvalue weighted by atomic mass is 35.5. The van der Waals surface area contributed by atoms with Crippen molar-refractivity contribution < 1.29 is 47.6 Å². The van der Waals surface area contributed by atoms with E-state index in [1.165, 1.54) is 6.92 Å². The molecular weight excluding hydrogens is 572 g/mol. The van der Waals surface area contributed by atoms with Crippen molar-refractivity contribution in [2.24, 2.45) is 0 Å². The lowest BCUT2D eigenvalue weighted by atomic mass is 9.98.